The average Bonchev–Trinajstić information content (AvgIpc) is 2.96. The molecule has 23 heavy (non-hydrogen) atoms. The molecule has 0 spiro atoms. The maximum absolute atomic E-state index is 12.5. The van der Waals surface area contributed by atoms with Crippen LogP contribution in [0.3, 0.4) is 0 Å². The Morgan fingerprint density at radius 3 is 2.83 bits per heavy atom. The number of carbonyl (C=O) groups is 1. The first-order valence-corrected chi connectivity index (χ1v) is 9.78. The molecule has 1 amide bonds. The van der Waals surface area contributed by atoms with Crippen molar-refractivity contribution in [2.24, 2.45) is 5.92 Å². The van der Waals surface area contributed by atoms with Gasteiger partial charge in [0.2, 0.25) is 5.91 Å². The van der Waals surface area contributed by atoms with E-state index >= 15 is 0 Å². The molecule has 2 aromatic rings. The molecule has 4 rings (SSSR count). The van der Waals surface area contributed by atoms with Gasteiger partial charge in [0.25, 0.3) is 0 Å². The molecule has 0 saturated carbocycles. The Morgan fingerprint density at radius 1 is 1.30 bits per heavy atom. The van der Waals surface area contributed by atoms with E-state index in [4.69, 9.17) is 4.74 Å². The van der Waals surface area contributed by atoms with Crippen LogP contribution in [0.5, 0.6) is 5.75 Å². The molecule has 0 atom stereocenters. The van der Waals surface area contributed by atoms with Gasteiger partial charge in [-0.1, -0.05) is 11.3 Å². The number of fused-ring (bicyclic) bond motifs is 1. The number of aromatic nitrogens is 1. The van der Waals surface area contributed by atoms with Crippen LogP contribution in [0.1, 0.15) is 0 Å². The minimum atomic E-state index is 0.139. The molecule has 0 N–H and O–H groups in total. The first-order valence-electron chi connectivity index (χ1n) is 7.80. The quantitative estimate of drug-likeness (QED) is 0.851. The fourth-order valence-electron chi connectivity index (χ4n) is 2.99. The molecule has 2 fully saturated rings. The molecule has 5 nitrogen and oxygen atoms in total. The highest BCUT2D eigenvalue weighted by atomic mass is 32.2. The Morgan fingerprint density at radius 2 is 2.09 bits per heavy atom. The van der Waals surface area contributed by atoms with Crippen LogP contribution in [0.15, 0.2) is 18.2 Å². The molecular formula is C16H19N3O2S2. The number of rotatable bonds is 3. The Balaban J connectivity index is 1.42. The Kier molecular flexibility index (Phi) is 4.07. The number of hydrogen-bond acceptors (Lipinski definition) is 6. The van der Waals surface area contributed by atoms with E-state index in [1.807, 2.05) is 34.9 Å². The predicted octanol–water partition coefficient (Wildman–Crippen LogP) is 2.32. The summed E-state index contributed by atoms with van der Waals surface area (Å²) >= 11 is 3.61. The summed E-state index contributed by atoms with van der Waals surface area (Å²) in [6.07, 6.45) is 0. The van der Waals surface area contributed by atoms with Gasteiger partial charge in [0.05, 0.1) is 23.2 Å². The van der Waals surface area contributed by atoms with Crippen molar-refractivity contribution in [3.8, 4) is 5.75 Å². The van der Waals surface area contributed by atoms with E-state index in [2.05, 4.69) is 9.88 Å². The van der Waals surface area contributed by atoms with Crippen molar-refractivity contribution in [1.82, 2.24) is 9.88 Å². The highest BCUT2D eigenvalue weighted by molar-refractivity contribution is 7.99. The molecule has 2 aliphatic rings. The molecule has 7 heteroatoms. The van der Waals surface area contributed by atoms with Gasteiger partial charge in [0.15, 0.2) is 5.13 Å². The molecule has 0 unspecified atom stereocenters. The first kappa shape index (κ1) is 15.1. The number of carbonyl (C=O) groups excluding carboxylic acids is 1. The van der Waals surface area contributed by atoms with Crippen LogP contribution in [0.25, 0.3) is 10.2 Å². The molecule has 3 heterocycles. The van der Waals surface area contributed by atoms with Crippen molar-refractivity contribution in [3.63, 3.8) is 0 Å². The van der Waals surface area contributed by atoms with Crippen LogP contribution in [-0.4, -0.2) is 60.6 Å². The maximum atomic E-state index is 12.5. The lowest BCUT2D eigenvalue weighted by molar-refractivity contribution is -0.135. The minimum absolute atomic E-state index is 0.139. The number of methoxy groups -OCH3 is 1. The van der Waals surface area contributed by atoms with Gasteiger partial charge in [0.1, 0.15) is 5.75 Å². The van der Waals surface area contributed by atoms with Crippen LogP contribution in [0.4, 0.5) is 5.13 Å². The number of thiazole rings is 1. The van der Waals surface area contributed by atoms with Crippen molar-refractivity contribution in [1.29, 1.82) is 0 Å². The predicted molar refractivity (Wildman–Crippen MR) is 95.8 cm³/mol. The fourth-order valence-corrected chi connectivity index (χ4v) is 4.86. The third-order valence-corrected chi connectivity index (χ3v) is 6.45. The fraction of sp³-hybridized carbons (Fsp3) is 0.500. The van der Waals surface area contributed by atoms with Crippen molar-refractivity contribution < 1.29 is 9.53 Å². The van der Waals surface area contributed by atoms with E-state index < -0.39 is 0 Å². The lowest BCUT2D eigenvalue weighted by Crippen LogP contribution is -2.55. The topological polar surface area (TPSA) is 45.7 Å². The van der Waals surface area contributed by atoms with E-state index in [1.54, 1.807) is 18.4 Å². The second-order valence-electron chi connectivity index (χ2n) is 5.87. The van der Waals surface area contributed by atoms with Gasteiger partial charge in [-0.3, -0.25) is 4.79 Å². The zero-order valence-corrected chi connectivity index (χ0v) is 14.7. The normalized spacial score (nSPS) is 19.0. The second-order valence-corrected chi connectivity index (χ2v) is 8.10. The highest BCUT2D eigenvalue weighted by Crippen LogP contribution is 2.34. The third kappa shape index (κ3) is 2.87. The molecule has 2 aliphatic heterocycles. The summed E-state index contributed by atoms with van der Waals surface area (Å²) in [5.74, 6) is 3.43. The standard InChI is InChI=1S/C16H19N3O2S2/c1-21-12-2-3-14-13(8-12)17-16(23-14)19-9-11(10-19)15(20)18-4-6-22-7-5-18/h2-3,8,11H,4-7,9-10H2,1H3. The summed E-state index contributed by atoms with van der Waals surface area (Å²) in [5, 5.41) is 1.01. The lowest BCUT2D eigenvalue weighted by Gasteiger charge is -2.41. The van der Waals surface area contributed by atoms with E-state index in [0.29, 0.717) is 5.91 Å². The monoisotopic (exact) mass is 349 g/mol. The van der Waals surface area contributed by atoms with Crippen molar-refractivity contribution in [3.05, 3.63) is 18.2 Å². The first-order chi connectivity index (χ1) is 11.2. The van der Waals surface area contributed by atoms with Crippen LogP contribution in [0, 0.1) is 5.92 Å². The number of hydrogen-bond donors (Lipinski definition) is 0. The Hall–Kier alpha value is -1.47. The molecule has 122 valence electrons. The third-order valence-electron chi connectivity index (χ3n) is 4.41. The van der Waals surface area contributed by atoms with Gasteiger partial charge >= 0.3 is 0 Å². The molecule has 0 aliphatic carbocycles. The highest BCUT2D eigenvalue weighted by Gasteiger charge is 2.37. The zero-order chi connectivity index (χ0) is 15.8. The van der Waals surface area contributed by atoms with Gasteiger partial charge < -0.3 is 14.5 Å². The Labute approximate surface area is 143 Å². The SMILES string of the molecule is COc1ccc2sc(N3CC(C(=O)N4CCSCC4)C3)nc2c1. The summed E-state index contributed by atoms with van der Waals surface area (Å²) in [6, 6.07) is 5.97. The number of anilines is 1. The maximum Gasteiger partial charge on any atom is 0.229 e. The molecule has 1 aromatic carbocycles. The molecule has 0 radical (unpaired) electrons. The van der Waals surface area contributed by atoms with Crippen LogP contribution < -0.4 is 9.64 Å². The number of thioether (sulfide) groups is 1. The van der Waals surface area contributed by atoms with Crippen molar-refractivity contribution >= 4 is 44.4 Å². The van der Waals surface area contributed by atoms with Gasteiger partial charge in [-0.25, -0.2) is 4.98 Å². The van der Waals surface area contributed by atoms with E-state index in [-0.39, 0.29) is 5.92 Å². The summed E-state index contributed by atoms with van der Waals surface area (Å²) in [7, 11) is 1.67. The summed E-state index contributed by atoms with van der Waals surface area (Å²) in [6.45, 7) is 3.39. The number of ether oxygens (including phenoxy) is 1. The smallest absolute Gasteiger partial charge is 0.229 e. The van der Waals surface area contributed by atoms with Crippen molar-refractivity contribution in [2.45, 2.75) is 0 Å². The van der Waals surface area contributed by atoms with Gasteiger partial charge in [-0.05, 0) is 12.1 Å². The largest absolute Gasteiger partial charge is 0.497 e. The summed E-state index contributed by atoms with van der Waals surface area (Å²) in [4.78, 5) is 21.4. The molecule has 2 saturated heterocycles. The minimum Gasteiger partial charge on any atom is -0.497 e. The van der Waals surface area contributed by atoms with Crippen LogP contribution >= 0.6 is 23.1 Å². The molecular weight excluding hydrogens is 330 g/mol. The lowest BCUT2D eigenvalue weighted by atomic mass is 9.99. The average molecular weight is 349 g/mol. The van der Waals surface area contributed by atoms with Gasteiger partial charge in [-0.15, -0.1) is 0 Å². The second kappa shape index (κ2) is 6.20. The molecule has 1 aromatic heterocycles. The van der Waals surface area contributed by atoms with Gasteiger partial charge in [0, 0.05) is 43.8 Å². The van der Waals surface area contributed by atoms with E-state index in [1.165, 1.54) is 0 Å². The summed E-state index contributed by atoms with van der Waals surface area (Å²) < 4.78 is 6.40. The summed E-state index contributed by atoms with van der Waals surface area (Å²) in [5.41, 5.74) is 0.965. The van der Waals surface area contributed by atoms with Gasteiger partial charge in [-0.2, -0.15) is 11.8 Å². The van der Waals surface area contributed by atoms with E-state index in [0.717, 1.165) is 58.8 Å². The number of nitrogens with zero attached hydrogens (tertiary/aromatic N) is 3. The Bertz CT molecular complexity index is 721. The zero-order valence-electron chi connectivity index (χ0n) is 13.0. The van der Waals surface area contributed by atoms with E-state index in [9.17, 15) is 4.79 Å². The van der Waals surface area contributed by atoms with Crippen LogP contribution in [-0.2, 0) is 4.79 Å². The number of amides is 1. The van der Waals surface area contributed by atoms with Crippen molar-refractivity contribution in [2.75, 3.05) is 49.7 Å². The number of benzene rings is 1. The molecule has 0 bridgehead atoms. The van der Waals surface area contributed by atoms with Crippen LogP contribution in [0.2, 0.25) is 0 Å².